The van der Waals surface area contributed by atoms with Crippen LogP contribution in [0, 0.1) is 0 Å². The van der Waals surface area contributed by atoms with Crippen LogP contribution in [0.15, 0.2) is 24.5 Å². The van der Waals surface area contributed by atoms with Gasteiger partial charge in [-0.3, -0.25) is 4.79 Å². The van der Waals surface area contributed by atoms with Gasteiger partial charge in [-0.15, -0.1) is 0 Å². The van der Waals surface area contributed by atoms with Crippen LogP contribution in [0.3, 0.4) is 0 Å². The van der Waals surface area contributed by atoms with E-state index >= 15 is 0 Å². The maximum atomic E-state index is 13.4. The van der Waals surface area contributed by atoms with E-state index in [0.717, 1.165) is 22.0 Å². The highest BCUT2D eigenvalue weighted by molar-refractivity contribution is 6.03. The van der Waals surface area contributed by atoms with Crippen molar-refractivity contribution in [2.45, 2.75) is 38.1 Å². The van der Waals surface area contributed by atoms with Gasteiger partial charge in [0.15, 0.2) is 11.3 Å². The van der Waals surface area contributed by atoms with Crippen LogP contribution in [0.1, 0.15) is 47.1 Å². The van der Waals surface area contributed by atoms with Gasteiger partial charge in [0.05, 0.1) is 18.1 Å². The molecule has 0 unspecified atom stereocenters. The van der Waals surface area contributed by atoms with Crippen LogP contribution in [0.25, 0.3) is 5.65 Å². The van der Waals surface area contributed by atoms with Crippen molar-refractivity contribution in [3.05, 3.63) is 41.6 Å². The molecule has 0 bridgehead atoms. The molecule has 0 aromatic carbocycles. The van der Waals surface area contributed by atoms with Crippen LogP contribution in [0.2, 0.25) is 0 Å². The molecule has 160 valence electrons. The first-order valence-electron chi connectivity index (χ1n) is 8.86. The van der Waals surface area contributed by atoms with Gasteiger partial charge in [-0.05, 0) is 18.9 Å². The van der Waals surface area contributed by atoms with Gasteiger partial charge < -0.3 is 10.1 Å². The lowest BCUT2D eigenvalue weighted by Crippen LogP contribution is -2.18. The highest BCUT2D eigenvalue weighted by Gasteiger charge is 2.29. The number of rotatable bonds is 7. The molecule has 3 aromatic rings. The second-order valence-electron chi connectivity index (χ2n) is 6.80. The molecule has 13 heteroatoms. The molecule has 30 heavy (non-hydrogen) atoms. The molecule has 1 fully saturated rings. The first-order chi connectivity index (χ1) is 14.2. The zero-order valence-corrected chi connectivity index (χ0v) is 15.2. The fourth-order valence-corrected chi connectivity index (χ4v) is 2.82. The molecule has 0 aliphatic heterocycles. The summed E-state index contributed by atoms with van der Waals surface area (Å²) in [6, 6.07) is 2.60. The van der Waals surface area contributed by atoms with Gasteiger partial charge in [-0.25, -0.2) is 23.0 Å². The van der Waals surface area contributed by atoms with Crippen LogP contribution in [-0.4, -0.2) is 43.1 Å². The van der Waals surface area contributed by atoms with Gasteiger partial charge in [0, 0.05) is 17.7 Å². The summed E-state index contributed by atoms with van der Waals surface area (Å²) in [6.45, 7) is -1.90. The Bertz CT molecular complexity index is 1070. The monoisotopic (exact) mass is 430 g/mol. The van der Waals surface area contributed by atoms with Crippen molar-refractivity contribution in [3.8, 4) is 0 Å². The standard InChI is InChI=1S/C17H15F5N6O2/c18-15(19)13-3-11(9-1-2-9)25-14-4-12(26-28(13)14)16(29)24-10-5-23-27(6-10)8-30-7-17(20,21)22/h3-6,9,15H,1-2,7-8H2,(H,24,29). The van der Waals surface area contributed by atoms with Gasteiger partial charge in [-0.2, -0.15) is 23.4 Å². The van der Waals surface area contributed by atoms with Crippen LogP contribution in [0.4, 0.5) is 27.6 Å². The van der Waals surface area contributed by atoms with Crippen molar-refractivity contribution in [1.82, 2.24) is 24.4 Å². The molecule has 1 aliphatic rings. The predicted molar refractivity (Wildman–Crippen MR) is 92.1 cm³/mol. The molecular formula is C17H15F5N6O2. The average Bonchev–Trinajstić information content (AvgIpc) is 3.27. The number of alkyl halides is 5. The van der Waals surface area contributed by atoms with Crippen LogP contribution < -0.4 is 5.32 Å². The predicted octanol–water partition coefficient (Wildman–Crippen LogP) is 3.53. The quantitative estimate of drug-likeness (QED) is 0.580. The second kappa shape index (κ2) is 7.63. The van der Waals surface area contributed by atoms with Gasteiger partial charge in [0.2, 0.25) is 0 Å². The van der Waals surface area contributed by atoms with Crippen molar-refractivity contribution in [2.24, 2.45) is 0 Å². The molecule has 1 saturated carbocycles. The third-order valence-corrected chi connectivity index (χ3v) is 4.31. The van der Waals surface area contributed by atoms with E-state index < -0.39 is 31.8 Å². The Hall–Kier alpha value is -3.09. The minimum Gasteiger partial charge on any atom is -0.350 e. The lowest BCUT2D eigenvalue weighted by atomic mass is 10.2. The van der Waals surface area contributed by atoms with Gasteiger partial charge in [0.1, 0.15) is 19.0 Å². The molecule has 4 rings (SSSR count). The minimum absolute atomic E-state index is 0.135. The van der Waals surface area contributed by atoms with Crippen molar-refractivity contribution in [1.29, 1.82) is 0 Å². The second-order valence-corrected chi connectivity index (χ2v) is 6.80. The van der Waals surface area contributed by atoms with Crippen LogP contribution in [-0.2, 0) is 11.5 Å². The molecule has 3 heterocycles. The van der Waals surface area contributed by atoms with E-state index in [2.05, 4.69) is 25.2 Å². The van der Waals surface area contributed by atoms with Crippen LogP contribution >= 0.6 is 0 Å². The van der Waals surface area contributed by atoms with E-state index in [1.54, 1.807) is 0 Å². The summed E-state index contributed by atoms with van der Waals surface area (Å²) in [5.41, 5.74) is 0.364. The summed E-state index contributed by atoms with van der Waals surface area (Å²) in [4.78, 5) is 16.7. The van der Waals surface area contributed by atoms with Crippen LogP contribution in [0.5, 0.6) is 0 Å². The molecule has 0 saturated heterocycles. The van der Waals surface area contributed by atoms with Crippen molar-refractivity contribution in [2.75, 3.05) is 11.9 Å². The summed E-state index contributed by atoms with van der Waals surface area (Å²) in [7, 11) is 0. The van der Waals surface area contributed by atoms with Gasteiger partial charge >= 0.3 is 6.18 Å². The van der Waals surface area contributed by atoms with Crippen molar-refractivity contribution >= 4 is 17.2 Å². The number of carbonyl (C=O) groups excluding carboxylic acids is 1. The summed E-state index contributed by atoms with van der Waals surface area (Å²) in [5.74, 6) is -0.561. The normalized spacial score (nSPS) is 14.6. The maximum absolute atomic E-state index is 13.4. The maximum Gasteiger partial charge on any atom is 0.411 e. The molecule has 3 aromatic heterocycles. The lowest BCUT2D eigenvalue weighted by molar-refractivity contribution is -0.182. The molecule has 8 nitrogen and oxygen atoms in total. The Morgan fingerprint density at radius 3 is 2.73 bits per heavy atom. The Balaban J connectivity index is 1.48. The number of fused-ring (bicyclic) bond motifs is 1. The average molecular weight is 430 g/mol. The highest BCUT2D eigenvalue weighted by Crippen LogP contribution is 2.40. The Morgan fingerprint density at radius 2 is 2.07 bits per heavy atom. The first kappa shape index (κ1) is 20.2. The molecule has 1 amide bonds. The number of nitrogens with zero attached hydrogens (tertiary/aromatic N) is 5. The summed E-state index contributed by atoms with van der Waals surface area (Å²) in [5, 5.41) is 10.1. The minimum atomic E-state index is -4.46. The number of aromatic nitrogens is 5. The summed E-state index contributed by atoms with van der Waals surface area (Å²) in [6.07, 6.45) is -3.03. The van der Waals surface area contributed by atoms with Gasteiger partial charge in [0.25, 0.3) is 12.3 Å². The fraction of sp³-hybridized carbons (Fsp3) is 0.412. The molecule has 0 atom stereocenters. The van der Waals surface area contributed by atoms with E-state index in [1.165, 1.54) is 24.5 Å². The van der Waals surface area contributed by atoms with E-state index in [9.17, 15) is 26.7 Å². The van der Waals surface area contributed by atoms with E-state index in [1.807, 2.05) is 0 Å². The molecule has 0 spiro atoms. The third kappa shape index (κ3) is 4.56. The number of hydrogen-bond acceptors (Lipinski definition) is 5. The third-order valence-electron chi connectivity index (χ3n) is 4.31. The van der Waals surface area contributed by atoms with E-state index in [-0.39, 0.29) is 28.6 Å². The number of anilines is 1. The van der Waals surface area contributed by atoms with Crippen molar-refractivity contribution in [3.63, 3.8) is 0 Å². The number of halogens is 5. The number of amides is 1. The zero-order chi connectivity index (χ0) is 21.5. The Kier molecular flexibility index (Phi) is 5.13. The Labute approximate surface area is 165 Å². The number of nitrogens with one attached hydrogen (secondary N) is 1. The highest BCUT2D eigenvalue weighted by atomic mass is 19.4. The SMILES string of the molecule is O=C(Nc1cnn(COCC(F)(F)F)c1)c1cc2nc(C3CC3)cc(C(F)F)n2n1. The smallest absolute Gasteiger partial charge is 0.350 e. The Morgan fingerprint density at radius 1 is 1.30 bits per heavy atom. The van der Waals surface area contributed by atoms with E-state index in [4.69, 9.17) is 0 Å². The van der Waals surface area contributed by atoms with Gasteiger partial charge in [-0.1, -0.05) is 0 Å². The summed E-state index contributed by atoms with van der Waals surface area (Å²) < 4.78 is 69.6. The largest absolute Gasteiger partial charge is 0.411 e. The van der Waals surface area contributed by atoms with Crippen molar-refractivity contribution < 1.29 is 31.5 Å². The molecule has 1 aliphatic carbocycles. The zero-order valence-electron chi connectivity index (χ0n) is 15.2. The first-order valence-corrected chi connectivity index (χ1v) is 8.86. The lowest BCUT2D eigenvalue weighted by Gasteiger charge is -2.07. The molecule has 0 radical (unpaired) electrons. The number of ether oxygens (including phenoxy) is 1. The number of carbonyl (C=O) groups is 1. The topological polar surface area (TPSA) is 86.3 Å². The molecule has 1 N–H and O–H groups in total. The van der Waals surface area contributed by atoms with E-state index in [0.29, 0.717) is 5.69 Å². The summed E-state index contributed by atoms with van der Waals surface area (Å²) >= 11 is 0. The molecular weight excluding hydrogens is 415 g/mol. The number of hydrogen-bond donors (Lipinski definition) is 1. The fourth-order valence-electron chi connectivity index (χ4n) is 2.82.